The van der Waals surface area contributed by atoms with Gasteiger partial charge in [-0.1, -0.05) is 6.07 Å². The molecule has 2 aromatic rings. The number of nitrogens with zero attached hydrogens (tertiary/aromatic N) is 2. The highest BCUT2D eigenvalue weighted by Crippen LogP contribution is 2.16. The molecule has 0 saturated carbocycles. The third-order valence-electron chi connectivity index (χ3n) is 2.99. The van der Waals surface area contributed by atoms with Crippen LogP contribution in [0.5, 0.6) is 0 Å². The van der Waals surface area contributed by atoms with Crippen molar-refractivity contribution in [3.05, 3.63) is 53.2 Å². The number of hydrogen-bond donors (Lipinski definition) is 1. The van der Waals surface area contributed by atoms with Gasteiger partial charge in [0.15, 0.2) is 0 Å². The van der Waals surface area contributed by atoms with Gasteiger partial charge in [0.1, 0.15) is 11.5 Å². The van der Waals surface area contributed by atoms with E-state index in [2.05, 4.69) is 35.2 Å². The average molecular weight is 259 g/mol. The quantitative estimate of drug-likeness (QED) is 0.864. The van der Waals surface area contributed by atoms with Crippen molar-refractivity contribution >= 4 is 0 Å². The summed E-state index contributed by atoms with van der Waals surface area (Å²) in [6.07, 6.45) is 1.82. The van der Waals surface area contributed by atoms with Crippen molar-refractivity contribution in [3.63, 3.8) is 0 Å². The topological polar surface area (TPSA) is 41.3 Å². The van der Waals surface area contributed by atoms with Crippen LogP contribution in [0.3, 0.4) is 0 Å². The van der Waals surface area contributed by atoms with Gasteiger partial charge in [0.25, 0.3) is 0 Å². The predicted molar refractivity (Wildman–Crippen MR) is 75.6 cm³/mol. The van der Waals surface area contributed by atoms with Crippen LogP contribution in [0.2, 0.25) is 0 Å². The largest absolute Gasteiger partial charge is 0.463 e. The number of hydrogen-bond acceptors (Lipinski definition) is 4. The Hall–Kier alpha value is -1.65. The molecule has 0 spiro atoms. The Morgan fingerprint density at radius 3 is 2.84 bits per heavy atom. The lowest BCUT2D eigenvalue weighted by atomic mass is 10.2. The molecule has 102 valence electrons. The number of aryl methyl sites for hydroxylation is 1. The molecule has 1 N–H and O–H groups in total. The molecular formula is C15H21N3O. The van der Waals surface area contributed by atoms with E-state index in [1.165, 1.54) is 5.56 Å². The Kier molecular flexibility index (Phi) is 4.71. The van der Waals surface area contributed by atoms with Crippen LogP contribution in [0, 0.1) is 6.92 Å². The van der Waals surface area contributed by atoms with Crippen molar-refractivity contribution in [2.45, 2.75) is 26.6 Å². The van der Waals surface area contributed by atoms with Gasteiger partial charge in [0.05, 0.1) is 18.8 Å². The Morgan fingerprint density at radius 2 is 2.16 bits per heavy atom. The van der Waals surface area contributed by atoms with Crippen LogP contribution in [0.1, 0.15) is 22.8 Å². The van der Waals surface area contributed by atoms with E-state index in [1.54, 1.807) is 0 Å². The lowest BCUT2D eigenvalue weighted by molar-refractivity contribution is 0.280. The van der Waals surface area contributed by atoms with E-state index < -0.39 is 0 Å². The van der Waals surface area contributed by atoms with E-state index in [1.807, 2.05) is 31.4 Å². The van der Waals surface area contributed by atoms with E-state index in [9.17, 15) is 0 Å². The van der Waals surface area contributed by atoms with Crippen molar-refractivity contribution in [2.24, 2.45) is 0 Å². The fraction of sp³-hybridized carbons (Fsp3) is 0.400. The Balaban J connectivity index is 1.95. The maximum atomic E-state index is 5.84. The molecule has 2 heterocycles. The summed E-state index contributed by atoms with van der Waals surface area (Å²) < 4.78 is 5.84. The van der Waals surface area contributed by atoms with Gasteiger partial charge in [0.2, 0.25) is 0 Å². The molecule has 0 radical (unpaired) electrons. The summed E-state index contributed by atoms with van der Waals surface area (Å²) in [6.45, 7) is 4.47. The Bertz CT molecular complexity index is 507. The van der Waals surface area contributed by atoms with E-state index in [4.69, 9.17) is 4.42 Å². The number of pyridine rings is 1. The molecule has 0 amide bonds. The molecule has 0 saturated heterocycles. The number of rotatable bonds is 6. The zero-order valence-electron chi connectivity index (χ0n) is 11.8. The van der Waals surface area contributed by atoms with E-state index in [0.717, 1.165) is 36.8 Å². The minimum Gasteiger partial charge on any atom is -0.463 e. The van der Waals surface area contributed by atoms with Gasteiger partial charge in [-0.2, -0.15) is 0 Å². The van der Waals surface area contributed by atoms with Gasteiger partial charge in [-0.05, 0) is 44.8 Å². The molecule has 0 unspecified atom stereocenters. The van der Waals surface area contributed by atoms with E-state index >= 15 is 0 Å². The molecule has 2 aromatic heterocycles. The minimum atomic E-state index is 0.774. The Morgan fingerprint density at radius 1 is 1.32 bits per heavy atom. The number of furan rings is 1. The lowest BCUT2D eigenvalue weighted by Gasteiger charge is -2.14. The number of aromatic nitrogens is 1. The highest BCUT2D eigenvalue weighted by molar-refractivity contribution is 5.20. The van der Waals surface area contributed by atoms with Gasteiger partial charge in [-0.25, -0.2) is 0 Å². The van der Waals surface area contributed by atoms with Gasteiger partial charge in [0, 0.05) is 12.7 Å². The summed E-state index contributed by atoms with van der Waals surface area (Å²) >= 11 is 0. The van der Waals surface area contributed by atoms with Crippen molar-refractivity contribution < 1.29 is 4.42 Å². The molecule has 0 aliphatic carbocycles. The maximum absolute atomic E-state index is 5.84. The summed E-state index contributed by atoms with van der Waals surface area (Å²) in [6, 6.07) is 8.10. The highest BCUT2D eigenvalue weighted by atomic mass is 16.3. The highest BCUT2D eigenvalue weighted by Gasteiger charge is 2.09. The summed E-state index contributed by atoms with van der Waals surface area (Å²) in [5, 5.41) is 3.11. The maximum Gasteiger partial charge on any atom is 0.120 e. The van der Waals surface area contributed by atoms with Crippen molar-refractivity contribution in [3.8, 4) is 0 Å². The molecule has 0 aromatic carbocycles. The fourth-order valence-electron chi connectivity index (χ4n) is 2.09. The molecular weight excluding hydrogens is 238 g/mol. The molecule has 4 heteroatoms. The standard InChI is InChI=1S/C15H21N3O/c1-12-8-14(19-15(12)9-16-2)11-18(3)10-13-6-4-5-7-17-13/h4-8,16H,9-11H2,1-3H3. The van der Waals surface area contributed by atoms with Crippen molar-refractivity contribution in [1.29, 1.82) is 0 Å². The molecule has 19 heavy (non-hydrogen) atoms. The van der Waals surface area contributed by atoms with Crippen LogP contribution in [-0.2, 0) is 19.6 Å². The monoisotopic (exact) mass is 259 g/mol. The second-order valence-corrected chi connectivity index (χ2v) is 4.84. The van der Waals surface area contributed by atoms with E-state index in [0.29, 0.717) is 0 Å². The minimum absolute atomic E-state index is 0.774. The summed E-state index contributed by atoms with van der Waals surface area (Å²) in [5.41, 5.74) is 2.28. The third kappa shape index (κ3) is 3.91. The smallest absolute Gasteiger partial charge is 0.120 e. The predicted octanol–water partition coefficient (Wildman–Crippen LogP) is 2.33. The first-order chi connectivity index (χ1) is 9.19. The molecule has 4 nitrogen and oxygen atoms in total. The second-order valence-electron chi connectivity index (χ2n) is 4.84. The first-order valence-corrected chi connectivity index (χ1v) is 6.50. The Labute approximate surface area is 114 Å². The lowest BCUT2D eigenvalue weighted by Crippen LogP contribution is -2.17. The van der Waals surface area contributed by atoms with Gasteiger partial charge >= 0.3 is 0 Å². The van der Waals surface area contributed by atoms with Gasteiger partial charge in [-0.15, -0.1) is 0 Å². The van der Waals surface area contributed by atoms with E-state index in [-0.39, 0.29) is 0 Å². The summed E-state index contributed by atoms with van der Waals surface area (Å²) in [4.78, 5) is 6.53. The molecule has 0 aliphatic heterocycles. The van der Waals surface area contributed by atoms with Gasteiger partial charge < -0.3 is 9.73 Å². The molecule has 2 rings (SSSR count). The van der Waals surface area contributed by atoms with Crippen LogP contribution in [0.15, 0.2) is 34.9 Å². The normalized spacial score (nSPS) is 11.2. The first-order valence-electron chi connectivity index (χ1n) is 6.50. The molecule has 0 fully saturated rings. The summed E-state index contributed by atoms with van der Waals surface area (Å²) in [5.74, 6) is 2.02. The van der Waals surface area contributed by atoms with Gasteiger partial charge in [-0.3, -0.25) is 9.88 Å². The molecule has 0 aliphatic rings. The fourth-order valence-corrected chi connectivity index (χ4v) is 2.09. The zero-order chi connectivity index (χ0) is 13.7. The molecule has 0 atom stereocenters. The number of nitrogens with one attached hydrogen (secondary N) is 1. The third-order valence-corrected chi connectivity index (χ3v) is 2.99. The van der Waals surface area contributed by atoms with Crippen LogP contribution in [0.4, 0.5) is 0 Å². The molecule has 0 bridgehead atoms. The average Bonchev–Trinajstić information content (AvgIpc) is 2.71. The SMILES string of the molecule is CNCc1oc(CN(C)Cc2ccccn2)cc1C. The van der Waals surface area contributed by atoms with Crippen molar-refractivity contribution in [2.75, 3.05) is 14.1 Å². The zero-order valence-corrected chi connectivity index (χ0v) is 11.8. The van der Waals surface area contributed by atoms with Crippen LogP contribution in [-0.4, -0.2) is 24.0 Å². The van der Waals surface area contributed by atoms with Crippen molar-refractivity contribution in [1.82, 2.24) is 15.2 Å². The summed E-state index contributed by atoms with van der Waals surface area (Å²) in [7, 11) is 4.00. The van der Waals surface area contributed by atoms with Crippen LogP contribution in [0.25, 0.3) is 0 Å². The second kappa shape index (κ2) is 6.50. The van der Waals surface area contributed by atoms with Crippen LogP contribution >= 0.6 is 0 Å². The first kappa shape index (κ1) is 13.8. The van der Waals surface area contributed by atoms with Crippen LogP contribution < -0.4 is 5.32 Å².